The molecule has 4 nitrogen and oxygen atoms in total. The van der Waals surface area contributed by atoms with E-state index in [1.165, 1.54) is 24.3 Å². The molecule has 1 atom stereocenters. The average molecular weight is 360 g/mol. The van der Waals surface area contributed by atoms with Crippen molar-refractivity contribution in [2.45, 2.75) is 12.5 Å². The maximum absolute atomic E-state index is 13.4. The number of hydrogen-bond donors (Lipinski definition) is 0. The summed E-state index contributed by atoms with van der Waals surface area (Å²) in [5.41, 5.74) is 1.48. The molecule has 1 saturated heterocycles. The van der Waals surface area contributed by atoms with Crippen LogP contribution in [0, 0.1) is 5.82 Å². The summed E-state index contributed by atoms with van der Waals surface area (Å²) < 4.78 is 18.4. The number of carbonyl (C=O) groups is 2. The van der Waals surface area contributed by atoms with Crippen LogP contribution in [0.15, 0.2) is 54.6 Å². The summed E-state index contributed by atoms with van der Waals surface area (Å²) in [5, 5.41) is 0.00882. The number of nitrogens with zero attached hydrogens (tertiary/aromatic N) is 1. The molecule has 0 bridgehead atoms. The second kappa shape index (κ2) is 7.49. The first-order chi connectivity index (χ1) is 12.0. The van der Waals surface area contributed by atoms with Crippen LogP contribution in [0.4, 0.5) is 9.18 Å². The van der Waals surface area contributed by atoms with E-state index in [0.717, 1.165) is 10.5 Å². The third-order valence-electron chi connectivity index (χ3n) is 3.87. The Hall–Kier alpha value is -2.66. The molecule has 0 radical (unpaired) electrons. The van der Waals surface area contributed by atoms with Crippen molar-refractivity contribution in [2.24, 2.45) is 0 Å². The summed E-state index contributed by atoms with van der Waals surface area (Å²) >= 11 is 5.63. The van der Waals surface area contributed by atoms with Crippen molar-refractivity contribution in [2.75, 3.05) is 6.61 Å². The van der Waals surface area contributed by atoms with Crippen molar-refractivity contribution >= 4 is 29.7 Å². The highest BCUT2D eigenvalue weighted by atomic mass is 35.5. The zero-order chi connectivity index (χ0) is 17.8. The van der Waals surface area contributed by atoms with Crippen LogP contribution in [0.5, 0.6) is 0 Å². The van der Waals surface area contributed by atoms with Crippen LogP contribution in [-0.2, 0) is 16.0 Å². The van der Waals surface area contributed by atoms with Crippen LogP contribution in [0.3, 0.4) is 0 Å². The predicted molar refractivity (Wildman–Crippen MR) is 92.6 cm³/mol. The molecule has 1 heterocycles. The lowest BCUT2D eigenvalue weighted by Crippen LogP contribution is -2.39. The van der Waals surface area contributed by atoms with Gasteiger partial charge in [-0.1, -0.05) is 48.0 Å². The van der Waals surface area contributed by atoms with Crippen molar-refractivity contribution in [3.05, 3.63) is 76.6 Å². The Morgan fingerprint density at radius 3 is 2.76 bits per heavy atom. The van der Waals surface area contributed by atoms with E-state index in [1.807, 2.05) is 30.3 Å². The first kappa shape index (κ1) is 17.2. The van der Waals surface area contributed by atoms with Gasteiger partial charge in [-0.25, -0.2) is 14.1 Å². The molecule has 0 aromatic heterocycles. The summed E-state index contributed by atoms with van der Waals surface area (Å²) in [5.74, 6) is -1.07. The highest BCUT2D eigenvalue weighted by Gasteiger charge is 2.36. The van der Waals surface area contributed by atoms with Crippen LogP contribution >= 0.6 is 11.6 Å². The van der Waals surface area contributed by atoms with Gasteiger partial charge in [0.2, 0.25) is 0 Å². The third kappa shape index (κ3) is 4.06. The molecular weight excluding hydrogens is 345 g/mol. The predicted octanol–water partition coefficient (Wildman–Crippen LogP) is 4.08. The van der Waals surface area contributed by atoms with Gasteiger partial charge >= 0.3 is 6.09 Å². The van der Waals surface area contributed by atoms with Crippen molar-refractivity contribution in [1.82, 2.24) is 4.90 Å². The van der Waals surface area contributed by atoms with Gasteiger partial charge in [-0.2, -0.15) is 0 Å². The van der Waals surface area contributed by atoms with Gasteiger partial charge in [-0.3, -0.25) is 4.79 Å². The number of hydrogen-bond acceptors (Lipinski definition) is 3. The van der Waals surface area contributed by atoms with Crippen LogP contribution in [0.2, 0.25) is 5.02 Å². The normalized spacial score (nSPS) is 17.1. The van der Waals surface area contributed by atoms with Gasteiger partial charge in [0.1, 0.15) is 12.4 Å². The zero-order valence-electron chi connectivity index (χ0n) is 13.2. The molecule has 1 aliphatic heterocycles. The maximum Gasteiger partial charge on any atom is 0.417 e. The maximum atomic E-state index is 13.4. The summed E-state index contributed by atoms with van der Waals surface area (Å²) in [6.45, 7) is 0.156. The zero-order valence-corrected chi connectivity index (χ0v) is 13.9. The summed E-state index contributed by atoms with van der Waals surface area (Å²) in [6.07, 6.45) is 2.51. The number of halogens is 2. The number of imide groups is 1. The van der Waals surface area contributed by atoms with Crippen LogP contribution in [0.25, 0.3) is 6.08 Å². The fraction of sp³-hybridized carbons (Fsp3) is 0.158. The molecule has 3 rings (SSSR count). The van der Waals surface area contributed by atoms with Crippen LogP contribution in [-0.4, -0.2) is 29.5 Å². The molecule has 0 spiro atoms. The van der Waals surface area contributed by atoms with Crippen molar-refractivity contribution in [1.29, 1.82) is 0 Å². The van der Waals surface area contributed by atoms with Gasteiger partial charge in [-0.05, 0) is 35.8 Å². The van der Waals surface area contributed by atoms with E-state index in [9.17, 15) is 14.0 Å². The molecule has 2 amide bonds. The SMILES string of the molecule is O=C(C=Cc1ccc(Cl)c(F)c1)N1C(=O)OCC1Cc1ccccc1. The van der Waals surface area contributed by atoms with Gasteiger partial charge in [0.05, 0.1) is 11.1 Å². The Morgan fingerprint density at radius 1 is 1.28 bits per heavy atom. The van der Waals surface area contributed by atoms with Crippen molar-refractivity contribution < 1.29 is 18.7 Å². The number of cyclic esters (lactones) is 1. The van der Waals surface area contributed by atoms with Gasteiger partial charge in [0.15, 0.2) is 0 Å². The molecule has 2 aromatic carbocycles. The second-order valence-corrected chi connectivity index (χ2v) is 6.04. The number of rotatable bonds is 4. The Balaban J connectivity index is 1.73. The van der Waals surface area contributed by atoms with Crippen LogP contribution < -0.4 is 0 Å². The van der Waals surface area contributed by atoms with Crippen LogP contribution in [0.1, 0.15) is 11.1 Å². The fourth-order valence-electron chi connectivity index (χ4n) is 2.63. The highest BCUT2D eigenvalue weighted by Crippen LogP contribution is 2.19. The first-order valence-corrected chi connectivity index (χ1v) is 8.09. The van der Waals surface area contributed by atoms with Crippen molar-refractivity contribution in [3.63, 3.8) is 0 Å². The summed E-state index contributed by atoms with van der Waals surface area (Å²) in [4.78, 5) is 25.4. The minimum Gasteiger partial charge on any atom is -0.447 e. The Kier molecular flexibility index (Phi) is 5.14. The minimum atomic E-state index is -0.669. The quantitative estimate of drug-likeness (QED) is 0.773. The van der Waals surface area contributed by atoms with E-state index < -0.39 is 17.8 Å². The Labute approximate surface area is 149 Å². The molecular formula is C19H15ClFNO3. The van der Waals surface area contributed by atoms with E-state index in [4.69, 9.17) is 16.3 Å². The van der Waals surface area contributed by atoms with Gasteiger partial charge in [0.25, 0.3) is 5.91 Å². The minimum absolute atomic E-state index is 0.00882. The van der Waals surface area contributed by atoms with E-state index >= 15 is 0 Å². The van der Waals surface area contributed by atoms with Crippen molar-refractivity contribution in [3.8, 4) is 0 Å². The van der Waals surface area contributed by atoms with E-state index in [-0.39, 0.29) is 17.7 Å². The number of amides is 2. The number of ether oxygens (including phenoxy) is 1. The monoisotopic (exact) mass is 359 g/mol. The summed E-state index contributed by atoms with van der Waals surface area (Å²) in [6, 6.07) is 13.4. The molecule has 2 aromatic rings. The molecule has 25 heavy (non-hydrogen) atoms. The molecule has 1 aliphatic rings. The fourth-order valence-corrected chi connectivity index (χ4v) is 2.75. The van der Waals surface area contributed by atoms with Gasteiger partial charge in [-0.15, -0.1) is 0 Å². The lowest BCUT2D eigenvalue weighted by molar-refractivity contribution is -0.124. The van der Waals surface area contributed by atoms with E-state index in [1.54, 1.807) is 6.07 Å². The number of benzene rings is 2. The Morgan fingerprint density at radius 2 is 2.04 bits per heavy atom. The first-order valence-electron chi connectivity index (χ1n) is 7.71. The Bertz CT molecular complexity index is 823. The lowest BCUT2D eigenvalue weighted by Gasteiger charge is -2.18. The topological polar surface area (TPSA) is 46.6 Å². The molecule has 1 unspecified atom stereocenters. The molecule has 0 aliphatic carbocycles. The molecule has 128 valence electrons. The second-order valence-electron chi connectivity index (χ2n) is 5.64. The molecule has 1 fully saturated rings. The van der Waals surface area contributed by atoms with E-state index in [0.29, 0.717) is 12.0 Å². The largest absolute Gasteiger partial charge is 0.447 e. The molecule has 0 saturated carbocycles. The van der Waals surface area contributed by atoms with Gasteiger partial charge < -0.3 is 4.74 Å². The van der Waals surface area contributed by atoms with E-state index in [2.05, 4.69) is 0 Å². The lowest BCUT2D eigenvalue weighted by atomic mass is 10.1. The smallest absolute Gasteiger partial charge is 0.417 e. The highest BCUT2D eigenvalue weighted by molar-refractivity contribution is 6.30. The standard InChI is InChI=1S/C19H15ClFNO3/c20-16-8-6-14(11-17(16)21)7-9-18(23)22-15(12-25-19(22)24)10-13-4-2-1-3-5-13/h1-9,11,15H,10,12H2. The molecule has 0 N–H and O–H groups in total. The van der Waals surface area contributed by atoms with Gasteiger partial charge in [0, 0.05) is 6.08 Å². The average Bonchev–Trinajstić information content (AvgIpc) is 2.97. The molecule has 6 heteroatoms. The summed E-state index contributed by atoms with van der Waals surface area (Å²) in [7, 11) is 0. The number of carbonyl (C=O) groups excluding carboxylic acids is 2. The third-order valence-corrected chi connectivity index (χ3v) is 4.18.